The normalized spacial score (nSPS) is 20.0. The van der Waals surface area contributed by atoms with Crippen LogP contribution >= 0.6 is 15.9 Å². The first-order chi connectivity index (χ1) is 7.35. The van der Waals surface area contributed by atoms with Gasteiger partial charge in [0.15, 0.2) is 0 Å². The zero-order valence-corrected chi connectivity index (χ0v) is 11.0. The summed E-state index contributed by atoms with van der Waals surface area (Å²) in [5.41, 5.74) is 4.74. The molecule has 1 aliphatic carbocycles. The van der Waals surface area contributed by atoms with Crippen LogP contribution in [0.4, 0.5) is 0 Å². The lowest BCUT2D eigenvalue weighted by atomic mass is 9.80. The maximum atomic E-state index is 3.57. The molecule has 82 valence electrons. The molecular formula is C14H19Br. The van der Waals surface area contributed by atoms with Gasteiger partial charge in [0.2, 0.25) is 0 Å². The van der Waals surface area contributed by atoms with Gasteiger partial charge >= 0.3 is 0 Å². The number of alkyl halides is 1. The number of fused-ring (bicyclic) bond motifs is 1. The number of rotatable bonds is 3. The molecule has 1 heteroatoms. The van der Waals surface area contributed by atoms with Crippen LogP contribution in [0.1, 0.15) is 48.8 Å². The summed E-state index contributed by atoms with van der Waals surface area (Å²) in [6.07, 6.45) is 6.49. The Bertz CT molecular complexity index is 330. The van der Waals surface area contributed by atoms with Crippen LogP contribution in [0.3, 0.4) is 0 Å². The summed E-state index contributed by atoms with van der Waals surface area (Å²) in [6.45, 7) is 2.24. The summed E-state index contributed by atoms with van der Waals surface area (Å²) >= 11 is 3.57. The molecule has 1 aromatic carbocycles. The van der Waals surface area contributed by atoms with Crippen molar-refractivity contribution in [3.8, 4) is 0 Å². The lowest BCUT2D eigenvalue weighted by Gasteiger charge is -2.25. The third kappa shape index (κ3) is 2.44. The van der Waals surface area contributed by atoms with Gasteiger partial charge in [-0.1, -0.05) is 41.1 Å². The third-order valence-electron chi connectivity index (χ3n) is 3.51. The fourth-order valence-electron chi connectivity index (χ4n) is 2.60. The molecular weight excluding hydrogens is 248 g/mol. The van der Waals surface area contributed by atoms with Crippen molar-refractivity contribution in [1.82, 2.24) is 0 Å². The maximum Gasteiger partial charge on any atom is 0.00371 e. The molecule has 0 spiro atoms. The highest BCUT2D eigenvalue weighted by Crippen LogP contribution is 2.34. The molecule has 2 rings (SSSR count). The predicted molar refractivity (Wildman–Crippen MR) is 69.9 cm³/mol. The van der Waals surface area contributed by atoms with Crippen molar-refractivity contribution in [2.24, 2.45) is 0 Å². The minimum atomic E-state index is 0.805. The number of benzene rings is 1. The van der Waals surface area contributed by atoms with Crippen molar-refractivity contribution in [1.29, 1.82) is 0 Å². The van der Waals surface area contributed by atoms with Gasteiger partial charge in [0.25, 0.3) is 0 Å². The Kier molecular flexibility index (Phi) is 3.85. The minimum absolute atomic E-state index is 0.805. The second-order valence-electron chi connectivity index (χ2n) is 4.45. The molecule has 1 aliphatic rings. The molecule has 1 aromatic rings. The molecule has 0 saturated heterocycles. The summed E-state index contributed by atoms with van der Waals surface area (Å²) in [5, 5.41) is 1.13. The van der Waals surface area contributed by atoms with Gasteiger partial charge in [-0.15, -0.1) is 0 Å². The highest BCUT2D eigenvalue weighted by molar-refractivity contribution is 9.09. The van der Waals surface area contributed by atoms with Crippen molar-refractivity contribution in [2.75, 3.05) is 5.33 Å². The summed E-state index contributed by atoms with van der Waals surface area (Å²) < 4.78 is 0. The van der Waals surface area contributed by atoms with Crippen molar-refractivity contribution >= 4 is 15.9 Å². The first-order valence-electron chi connectivity index (χ1n) is 6.02. The van der Waals surface area contributed by atoms with E-state index < -0.39 is 0 Å². The van der Waals surface area contributed by atoms with Crippen LogP contribution in [0.15, 0.2) is 18.2 Å². The highest BCUT2D eigenvalue weighted by Gasteiger charge is 2.19. The van der Waals surface area contributed by atoms with Crippen molar-refractivity contribution in [3.05, 3.63) is 34.9 Å². The molecule has 0 bridgehead atoms. The lowest BCUT2D eigenvalue weighted by Crippen LogP contribution is -2.10. The average molecular weight is 267 g/mol. The van der Waals surface area contributed by atoms with Gasteiger partial charge in [-0.2, -0.15) is 0 Å². The zero-order valence-electron chi connectivity index (χ0n) is 9.43. The number of aryl methyl sites for hydroxylation is 2. The van der Waals surface area contributed by atoms with Crippen LogP contribution in [0.2, 0.25) is 0 Å². The molecule has 0 fully saturated rings. The van der Waals surface area contributed by atoms with Gasteiger partial charge < -0.3 is 0 Å². The molecule has 1 atom stereocenters. The summed E-state index contributed by atoms with van der Waals surface area (Å²) in [7, 11) is 0. The van der Waals surface area contributed by atoms with E-state index >= 15 is 0 Å². The van der Waals surface area contributed by atoms with E-state index in [9.17, 15) is 0 Å². The minimum Gasteiger partial charge on any atom is -0.0928 e. The van der Waals surface area contributed by atoms with Crippen LogP contribution in [0.25, 0.3) is 0 Å². The Balaban J connectivity index is 2.30. The van der Waals surface area contributed by atoms with Gasteiger partial charge in [-0.3, -0.25) is 0 Å². The second kappa shape index (κ2) is 5.16. The van der Waals surface area contributed by atoms with Crippen LogP contribution < -0.4 is 0 Å². The molecule has 0 saturated carbocycles. The molecule has 0 aromatic heterocycles. The fourth-order valence-corrected chi connectivity index (χ4v) is 3.15. The Hall–Kier alpha value is -0.300. The molecule has 0 nitrogen and oxygen atoms in total. The first kappa shape index (κ1) is 11.2. The summed E-state index contributed by atoms with van der Waals surface area (Å²) in [6, 6.07) is 7.10. The highest BCUT2D eigenvalue weighted by atomic mass is 79.9. The maximum absolute atomic E-state index is 3.57. The summed E-state index contributed by atoms with van der Waals surface area (Å²) in [4.78, 5) is 0. The third-order valence-corrected chi connectivity index (χ3v) is 3.97. The Morgan fingerprint density at radius 2 is 2.27 bits per heavy atom. The smallest absolute Gasteiger partial charge is 0.00371 e. The molecule has 0 N–H and O–H groups in total. The predicted octanol–water partition coefficient (Wildman–Crippen LogP) is 4.45. The van der Waals surface area contributed by atoms with E-state index in [0.29, 0.717) is 0 Å². The average Bonchev–Trinajstić information content (AvgIpc) is 2.29. The zero-order chi connectivity index (χ0) is 10.7. The van der Waals surface area contributed by atoms with Gasteiger partial charge in [0, 0.05) is 5.33 Å². The van der Waals surface area contributed by atoms with Gasteiger partial charge in [0.1, 0.15) is 0 Å². The Morgan fingerprint density at radius 3 is 3.00 bits per heavy atom. The second-order valence-corrected chi connectivity index (χ2v) is 5.25. The van der Waals surface area contributed by atoms with Crippen LogP contribution in [0.5, 0.6) is 0 Å². The molecule has 1 unspecified atom stereocenters. The van der Waals surface area contributed by atoms with E-state index in [1.807, 2.05) is 0 Å². The van der Waals surface area contributed by atoms with E-state index in [4.69, 9.17) is 0 Å². The fraction of sp³-hybridized carbons (Fsp3) is 0.571. The first-order valence-corrected chi connectivity index (χ1v) is 7.15. The van der Waals surface area contributed by atoms with Crippen LogP contribution in [0, 0.1) is 0 Å². The van der Waals surface area contributed by atoms with Crippen molar-refractivity contribution in [2.45, 2.75) is 44.9 Å². The summed E-state index contributed by atoms with van der Waals surface area (Å²) in [5.74, 6) is 0.805. The largest absolute Gasteiger partial charge is 0.0928 e. The number of halogens is 1. The van der Waals surface area contributed by atoms with Crippen LogP contribution in [-0.2, 0) is 12.8 Å². The van der Waals surface area contributed by atoms with E-state index in [-0.39, 0.29) is 0 Å². The van der Waals surface area contributed by atoms with E-state index in [1.54, 1.807) is 11.1 Å². The lowest BCUT2D eigenvalue weighted by molar-refractivity contribution is 0.543. The van der Waals surface area contributed by atoms with Gasteiger partial charge in [-0.25, -0.2) is 0 Å². The molecule has 0 aliphatic heterocycles. The molecule has 0 heterocycles. The van der Waals surface area contributed by atoms with Gasteiger partial charge in [0.05, 0.1) is 0 Å². The molecule has 15 heavy (non-hydrogen) atoms. The van der Waals surface area contributed by atoms with Gasteiger partial charge in [-0.05, 0) is 54.7 Å². The quantitative estimate of drug-likeness (QED) is 0.709. The Morgan fingerprint density at radius 1 is 1.40 bits per heavy atom. The molecule has 0 radical (unpaired) electrons. The van der Waals surface area contributed by atoms with Crippen LogP contribution in [-0.4, -0.2) is 5.33 Å². The molecule has 0 amide bonds. The monoisotopic (exact) mass is 266 g/mol. The SMILES string of the molecule is CCc1ccc2c(c1)C(CCBr)CCC2. The van der Waals surface area contributed by atoms with E-state index in [1.165, 1.54) is 31.2 Å². The van der Waals surface area contributed by atoms with Crippen molar-refractivity contribution in [3.63, 3.8) is 0 Å². The number of hydrogen-bond acceptors (Lipinski definition) is 0. The number of hydrogen-bond donors (Lipinski definition) is 0. The van der Waals surface area contributed by atoms with Crippen molar-refractivity contribution < 1.29 is 0 Å². The Labute approximate surface area is 101 Å². The van der Waals surface area contributed by atoms with E-state index in [0.717, 1.165) is 17.7 Å². The van der Waals surface area contributed by atoms with E-state index in [2.05, 4.69) is 41.1 Å². The standard InChI is InChI=1S/C14H19Br/c1-2-11-6-7-12-4-3-5-13(8-9-15)14(12)10-11/h6-7,10,13H,2-5,8-9H2,1H3. The topological polar surface area (TPSA) is 0 Å².